The van der Waals surface area contributed by atoms with Crippen molar-refractivity contribution in [2.45, 2.75) is 13.3 Å². The summed E-state index contributed by atoms with van der Waals surface area (Å²) in [6.45, 7) is 2.09. The van der Waals surface area contributed by atoms with Crippen molar-refractivity contribution in [1.82, 2.24) is 19.9 Å². The summed E-state index contributed by atoms with van der Waals surface area (Å²) in [6, 6.07) is 12.9. The second-order valence-corrected chi connectivity index (χ2v) is 8.39. The van der Waals surface area contributed by atoms with Gasteiger partial charge in [0.2, 0.25) is 0 Å². The fraction of sp³-hybridized carbons (Fsp3) is 0.0870. The lowest BCUT2D eigenvalue weighted by molar-refractivity contribution is 0.631. The van der Waals surface area contributed by atoms with E-state index >= 15 is 0 Å². The first-order valence-corrected chi connectivity index (χ1v) is 10.3. The topological polar surface area (TPSA) is 80.5 Å². The number of benzene rings is 1. The number of anilines is 1. The van der Waals surface area contributed by atoms with Gasteiger partial charge in [0.15, 0.2) is 5.65 Å². The van der Waals surface area contributed by atoms with Crippen LogP contribution in [0.5, 0.6) is 0 Å². The van der Waals surface area contributed by atoms with Gasteiger partial charge < -0.3 is 10.7 Å². The fourth-order valence-corrected chi connectivity index (χ4v) is 4.44. The fourth-order valence-electron chi connectivity index (χ4n) is 3.54. The van der Waals surface area contributed by atoms with Crippen LogP contribution in [-0.2, 0) is 6.42 Å². The monoisotopic (exact) mass is 415 g/mol. The van der Waals surface area contributed by atoms with Gasteiger partial charge in [0.1, 0.15) is 11.6 Å². The number of aromatic amines is 1. The number of hydrogen-bond donors (Lipinski definition) is 2. The van der Waals surface area contributed by atoms with Gasteiger partial charge in [0, 0.05) is 57.1 Å². The van der Waals surface area contributed by atoms with Gasteiger partial charge in [0.25, 0.3) is 0 Å². The first kappa shape index (κ1) is 18.4. The lowest BCUT2D eigenvalue weighted by Crippen LogP contribution is -2.00. The van der Waals surface area contributed by atoms with E-state index in [1.165, 1.54) is 10.9 Å². The molecule has 30 heavy (non-hydrogen) atoms. The summed E-state index contributed by atoms with van der Waals surface area (Å²) in [5, 5.41) is 0. The Morgan fingerprint density at radius 3 is 2.77 bits per heavy atom. The molecule has 4 aromatic heterocycles. The number of nitrogen functional groups attached to an aromatic ring is 1. The van der Waals surface area contributed by atoms with E-state index in [1.54, 1.807) is 42.1 Å². The van der Waals surface area contributed by atoms with Crippen molar-refractivity contribution in [1.29, 1.82) is 0 Å². The molecule has 0 amide bonds. The Bertz CT molecular complexity index is 1360. The molecule has 0 saturated heterocycles. The number of H-pyrrole nitrogens is 1. The van der Waals surface area contributed by atoms with Crippen LogP contribution in [0.1, 0.15) is 16.3 Å². The summed E-state index contributed by atoms with van der Waals surface area (Å²) in [6.07, 6.45) is 5.51. The zero-order chi connectivity index (χ0) is 20.7. The quantitative estimate of drug-likeness (QED) is 0.387. The molecule has 0 atom stereocenters. The van der Waals surface area contributed by atoms with Gasteiger partial charge >= 0.3 is 0 Å². The van der Waals surface area contributed by atoms with Crippen molar-refractivity contribution >= 4 is 28.2 Å². The normalized spacial score (nSPS) is 11.3. The zero-order valence-corrected chi connectivity index (χ0v) is 17.0. The molecule has 0 aliphatic heterocycles. The third-order valence-electron chi connectivity index (χ3n) is 5.01. The highest BCUT2D eigenvalue weighted by atomic mass is 32.1. The minimum absolute atomic E-state index is 0.370. The molecule has 0 aliphatic carbocycles. The molecular weight excluding hydrogens is 397 g/mol. The van der Waals surface area contributed by atoms with Crippen LogP contribution in [-0.4, -0.2) is 19.9 Å². The Hall–Kier alpha value is -3.58. The number of fused-ring (bicyclic) bond motifs is 1. The molecule has 5 rings (SSSR count). The summed E-state index contributed by atoms with van der Waals surface area (Å²) in [5.41, 5.74) is 11.1. The minimum atomic E-state index is -0.370. The summed E-state index contributed by atoms with van der Waals surface area (Å²) in [7, 11) is 0. The summed E-state index contributed by atoms with van der Waals surface area (Å²) in [4.78, 5) is 18.9. The molecule has 0 bridgehead atoms. The van der Waals surface area contributed by atoms with E-state index in [-0.39, 0.29) is 5.82 Å². The van der Waals surface area contributed by atoms with E-state index in [2.05, 4.69) is 39.0 Å². The number of pyridine rings is 2. The molecule has 7 heteroatoms. The smallest absolute Gasteiger partial charge is 0.178 e. The maximum absolute atomic E-state index is 14.5. The molecule has 4 heterocycles. The molecular formula is C23H18FN5S. The lowest BCUT2D eigenvalue weighted by Gasteiger charge is -2.09. The van der Waals surface area contributed by atoms with Crippen LogP contribution in [0.2, 0.25) is 0 Å². The van der Waals surface area contributed by atoms with E-state index in [0.717, 1.165) is 27.3 Å². The van der Waals surface area contributed by atoms with Crippen LogP contribution < -0.4 is 5.73 Å². The number of aryl methyl sites for hydroxylation is 1. The maximum Gasteiger partial charge on any atom is 0.178 e. The second kappa shape index (κ2) is 7.35. The maximum atomic E-state index is 14.5. The van der Waals surface area contributed by atoms with Crippen LogP contribution in [0.25, 0.3) is 32.7 Å². The van der Waals surface area contributed by atoms with Crippen molar-refractivity contribution in [2.24, 2.45) is 0 Å². The van der Waals surface area contributed by atoms with Gasteiger partial charge in [-0.1, -0.05) is 6.07 Å². The van der Waals surface area contributed by atoms with E-state index in [9.17, 15) is 4.39 Å². The Labute approximate surface area is 176 Å². The Kier molecular flexibility index (Phi) is 4.52. The number of thiophene rings is 1. The summed E-state index contributed by atoms with van der Waals surface area (Å²) >= 11 is 1.73. The third kappa shape index (κ3) is 3.33. The Morgan fingerprint density at radius 2 is 2.00 bits per heavy atom. The summed E-state index contributed by atoms with van der Waals surface area (Å²) in [5.74, 6) is 0.361. The van der Waals surface area contributed by atoms with Gasteiger partial charge in [-0.15, -0.1) is 11.3 Å². The van der Waals surface area contributed by atoms with Gasteiger partial charge in [-0.3, -0.25) is 4.98 Å². The van der Waals surface area contributed by atoms with E-state index in [4.69, 9.17) is 5.73 Å². The van der Waals surface area contributed by atoms with Gasteiger partial charge in [-0.25, -0.2) is 14.4 Å². The van der Waals surface area contributed by atoms with E-state index in [1.807, 2.05) is 12.1 Å². The van der Waals surface area contributed by atoms with Crippen LogP contribution in [0.3, 0.4) is 0 Å². The standard InChI is InChI=1S/C23H18FN5S/c1-13-4-5-20(30-13)16-6-8-27-23-22(16)28-21(29-23)10-15-9-17(18(24)11-19(15)25)14-3-2-7-26-12-14/h2-9,11-12H,10,25H2,1H3,(H,27,28,29). The number of nitrogens with one attached hydrogen (secondary N) is 1. The Morgan fingerprint density at radius 1 is 1.10 bits per heavy atom. The highest BCUT2D eigenvalue weighted by molar-refractivity contribution is 7.15. The minimum Gasteiger partial charge on any atom is -0.398 e. The number of aromatic nitrogens is 4. The molecule has 3 N–H and O–H groups in total. The first-order valence-electron chi connectivity index (χ1n) is 9.47. The third-order valence-corrected chi connectivity index (χ3v) is 6.04. The van der Waals surface area contributed by atoms with Crippen LogP contribution >= 0.6 is 11.3 Å². The molecule has 148 valence electrons. The van der Waals surface area contributed by atoms with Gasteiger partial charge in [0.05, 0.1) is 5.52 Å². The molecule has 1 aromatic carbocycles. The average molecular weight is 415 g/mol. The van der Waals surface area contributed by atoms with E-state index < -0.39 is 0 Å². The van der Waals surface area contributed by atoms with Crippen molar-refractivity contribution in [3.8, 4) is 21.6 Å². The van der Waals surface area contributed by atoms with Gasteiger partial charge in [-0.2, -0.15) is 0 Å². The highest BCUT2D eigenvalue weighted by Crippen LogP contribution is 2.33. The predicted molar refractivity (Wildman–Crippen MR) is 119 cm³/mol. The number of nitrogens with two attached hydrogens (primary N) is 1. The molecule has 0 radical (unpaired) electrons. The van der Waals surface area contributed by atoms with Crippen molar-refractivity contribution in [3.05, 3.63) is 83.1 Å². The zero-order valence-electron chi connectivity index (χ0n) is 16.2. The van der Waals surface area contributed by atoms with Crippen molar-refractivity contribution in [3.63, 3.8) is 0 Å². The van der Waals surface area contributed by atoms with Crippen LogP contribution in [0, 0.1) is 12.7 Å². The number of rotatable bonds is 4. The molecule has 0 saturated carbocycles. The Balaban J connectivity index is 1.55. The average Bonchev–Trinajstić information content (AvgIpc) is 3.36. The molecule has 0 spiro atoms. The van der Waals surface area contributed by atoms with Crippen molar-refractivity contribution < 1.29 is 4.39 Å². The molecule has 0 fully saturated rings. The second-order valence-electron chi connectivity index (χ2n) is 7.10. The predicted octanol–water partition coefficient (Wildman–Crippen LogP) is 5.37. The van der Waals surface area contributed by atoms with Crippen LogP contribution in [0.15, 0.2) is 61.1 Å². The largest absolute Gasteiger partial charge is 0.398 e. The number of imidazole rings is 1. The molecule has 0 aliphatic rings. The lowest BCUT2D eigenvalue weighted by atomic mass is 10.0. The summed E-state index contributed by atoms with van der Waals surface area (Å²) < 4.78 is 14.5. The molecule has 5 nitrogen and oxygen atoms in total. The SMILES string of the molecule is Cc1ccc(-c2ccnc3nc(Cc4cc(-c5cccnc5)c(F)cc4N)[nH]c23)s1. The van der Waals surface area contributed by atoms with Crippen LogP contribution in [0.4, 0.5) is 10.1 Å². The highest BCUT2D eigenvalue weighted by Gasteiger charge is 2.15. The first-order chi connectivity index (χ1) is 14.6. The number of halogens is 1. The number of hydrogen-bond acceptors (Lipinski definition) is 5. The molecule has 0 unspecified atom stereocenters. The van der Waals surface area contributed by atoms with Crippen molar-refractivity contribution in [2.75, 3.05) is 5.73 Å². The van der Waals surface area contributed by atoms with E-state index in [0.29, 0.717) is 28.9 Å². The molecule has 5 aromatic rings. The number of nitrogens with zero attached hydrogens (tertiary/aromatic N) is 3. The van der Waals surface area contributed by atoms with Gasteiger partial charge in [-0.05, 0) is 48.9 Å².